The Labute approximate surface area is 116 Å². The third-order valence-electron chi connectivity index (χ3n) is 2.37. The van der Waals surface area contributed by atoms with Crippen molar-refractivity contribution < 1.29 is 0 Å². The van der Waals surface area contributed by atoms with Crippen molar-refractivity contribution in [3.63, 3.8) is 0 Å². The van der Waals surface area contributed by atoms with Gasteiger partial charge in [0, 0.05) is 11.5 Å². The molecule has 3 aromatic heterocycles. The van der Waals surface area contributed by atoms with Gasteiger partial charge in [-0.1, -0.05) is 11.8 Å². The second-order valence-electron chi connectivity index (χ2n) is 3.74. The van der Waals surface area contributed by atoms with Gasteiger partial charge in [-0.3, -0.25) is 5.10 Å². The third kappa shape index (κ3) is 2.24. The van der Waals surface area contributed by atoms with Crippen molar-refractivity contribution in [2.75, 3.05) is 6.26 Å². The Hall–Kier alpha value is -1.81. The monoisotopic (exact) mass is 294 g/mol. The summed E-state index contributed by atoms with van der Waals surface area (Å²) in [6, 6.07) is 0. The fraction of sp³-hybridized carbons (Fsp3) is 0.333. The summed E-state index contributed by atoms with van der Waals surface area (Å²) in [6.45, 7) is 3.72. The molecule has 98 valence electrons. The van der Waals surface area contributed by atoms with Crippen molar-refractivity contribution in [3.8, 4) is 0 Å². The van der Waals surface area contributed by atoms with E-state index in [9.17, 15) is 0 Å². The van der Waals surface area contributed by atoms with Crippen LogP contribution in [0.25, 0.3) is 5.65 Å². The van der Waals surface area contributed by atoms with Gasteiger partial charge >= 0.3 is 0 Å². The van der Waals surface area contributed by atoms with Gasteiger partial charge in [-0.25, -0.2) is 4.98 Å². The zero-order valence-corrected chi connectivity index (χ0v) is 12.1. The molecule has 0 unspecified atom stereocenters. The van der Waals surface area contributed by atoms with Crippen LogP contribution in [-0.4, -0.2) is 35.4 Å². The topological polar surface area (TPSA) is 96.5 Å². The quantitative estimate of drug-likeness (QED) is 0.591. The Bertz CT molecular complexity index is 752. The fourth-order valence-electron chi connectivity index (χ4n) is 1.56. The summed E-state index contributed by atoms with van der Waals surface area (Å²) in [5, 5.41) is 16.8. The van der Waals surface area contributed by atoms with Gasteiger partial charge in [0.05, 0.1) is 5.69 Å². The van der Waals surface area contributed by atoms with Crippen LogP contribution in [0, 0.1) is 13.8 Å². The van der Waals surface area contributed by atoms with Crippen LogP contribution in [0.3, 0.4) is 0 Å². The lowest BCUT2D eigenvalue weighted by molar-refractivity contribution is 0.793. The minimum atomic E-state index is 0.527. The standard InChI is InChI=1S/C9H10N8S2/c1-4-6(7-10-5(2)15-17(7)14-4)12-13-8-11-9(18-3)16-19-8/h14H,1-3H3. The smallest absolute Gasteiger partial charge is 0.250 e. The van der Waals surface area contributed by atoms with Crippen LogP contribution in [0.5, 0.6) is 0 Å². The van der Waals surface area contributed by atoms with Crippen molar-refractivity contribution >= 4 is 39.8 Å². The van der Waals surface area contributed by atoms with E-state index in [-0.39, 0.29) is 0 Å². The second kappa shape index (κ2) is 4.70. The van der Waals surface area contributed by atoms with Gasteiger partial charge < -0.3 is 0 Å². The molecule has 0 aliphatic carbocycles. The molecule has 3 heterocycles. The number of rotatable bonds is 3. The molecule has 0 bridgehead atoms. The van der Waals surface area contributed by atoms with Gasteiger partial charge in [0.25, 0.3) is 0 Å². The van der Waals surface area contributed by atoms with Crippen LogP contribution in [-0.2, 0) is 0 Å². The second-order valence-corrected chi connectivity index (χ2v) is 5.25. The molecule has 0 saturated heterocycles. The Morgan fingerprint density at radius 3 is 2.84 bits per heavy atom. The molecular formula is C9H10N8S2. The number of H-pyrrole nitrogens is 1. The summed E-state index contributed by atoms with van der Waals surface area (Å²) in [5.74, 6) is 0.684. The Kier molecular flexibility index (Phi) is 3.03. The lowest BCUT2D eigenvalue weighted by Crippen LogP contribution is -1.86. The molecule has 0 aliphatic heterocycles. The van der Waals surface area contributed by atoms with Crippen LogP contribution in [0.4, 0.5) is 10.8 Å². The van der Waals surface area contributed by atoms with Crippen LogP contribution >= 0.6 is 23.3 Å². The van der Waals surface area contributed by atoms with Gasteiger partial charge in [-0.15, -0.1) is 15.3 Å². The maximum Gasteiger partial charge on any atom is 0.250 e. The van der Waals surface area contributed by atoms with Gasteiger partial charge in [0.15, 0.2) is 5.69 Å². The van der Waals surface area contributed by atoms with Crippen LogP contribution in [0.15, 0.2) is 15.4 Å². The van der Waals surface area contributed by atoms with Crippen molar-refractivity contribution in [1.82, 2.24) is 29.2 Å². The Balaban J connectivity index is 1.97. The lowest BCUT2D eigenvalue weighted by atomic mass is 10.4. The number of aromatic nitrogens is 6. The molecule has 1 N–H and O–H groups in total. The first kappa shape index (κ1) is 12.2. The molecular weight excluding hydrogens is 284 g/mol. The largest absolute Gasteiger partial charge is 0.278 e. The number of thioether (sulfide) groups is 1. The highest BCUT2D eigenvalue weighted by Crippen LogP contribution is 2.27. The van der Waals surface area contributed by atoms with Gasteiger partial charge in [-0.05, 0) is 20.1 Å². The van der Waals surface area contributed by atoms with E-state index < -0.39 is 0 Å². The number of hydrogen-bond acceptors (Lipinski definition) is 8. The number of azo groups is 1. The number of aromatic amines is 1. The molecule has 0 fully saturated rings. The number of hydrogen-bond donors (Lipinski definition) is 1. The summed E-state index contributed by atoms with van der Waals surface area (Å²) >= 11 is 2.69. The van der Waals surface area contributed by atoms with E-state index in [1.165, 1.54) is 23.3 Å². The lowest BCUT2D eigenvalue weighted by Gasteiger charge is -1.86. The highest BCUT2D eigenvalue weighted by atomic mass is 32.2. The molecule has 0 spiro atoms. The predicted octanol–water partition coefficient (Wildman–Crippen LogP) is 2.66. The zero-order chi connectivity index (χ0) is 13.4. The van der Waals surface area contributed by atoms with E-state index in [4.69, 9.17) is 0 Å². The van der Waals surface area contributed by atoms with E-state index in [0.29, 0.717) is 27.4 Å². The fourth-order valence-corrected chi connectivity index (χ4v) is 2.62. The maximum absolute atomic E-state index is 4.30. The van der Waals surface area contributed by atoms with Gasteiger partial charge in [-0.2, -0.15) is 14.0 Å². The molecule has 0 aromatic carbocycles. The molecule has 0 atom stereocenters. The van der Waals surface area contributed by atoms with E-state index in [0.717, 1.165) is 5.69 Å². The molecule has 0 aliphatic rings. The maximum atomic E-state index is 4.30. The zero-order valence-electron chi connectivity index (χ0n) is 10.4. The van der Waals surface area contributed by atoms with Crippen LogP contribution in [0.1, 0.15) is 11.5 Å². The number of nitrogens with one attached hydrogen (secondary N) is 1. The number of aryl methyl sites for hydroxylation is 2. The molecule has 10 heteroatoms. The summed E-state index contributed by atoms with van der Waals surface area (Å²) in [6.07, 6.45) is 1.92. The molecule has 3 aromatic rings. The average molecular weight is 294 g/mol. The Morgan fingerprint density at radius 2 is 2.11 bits per heavy atom. The first-order valence-electron chi connectivity index (χ1n) is 5.39. The minimum Gasteiger partial charge on any atom is -0.278 e. The normalized spacial score (nSPS) is 11.9. The molecule has 3 rings (SSSR count). The highest BCUT2D eigenvalue weighted by molar-refractivity contribution is 7.98. The summed E-state index contributed by atoms with van der Waals surface area (Å²) in [5.41, 5.74) is 2.18. The molecule has 0 amide bonds. The minimum absolute atomic E-state index is 0.527. The van der Waals surface area contributed by atoms with Crippen molar-refractivity contribution in [1.29, 1.82) is 0 Å². The van der Waals surface area contributed by atoms with Gasteiger partial charge in [0.1, 0.15) is 5.82 Å². The SMILES string of the molecule is CSc1nsc(N=Nc2c(C)[nH]n3nc(C)nc23)n1. The average Bonchev–Trinajstić information content (AvgIpc) is 3.02. The van der Waals surface area contributed by atoms with E-state index in [1.54, 1.807) is 4.63 Å². The Morgan fingerprint density at radius 1 is 1.26 bits per heavy atom. The molecule has 0 radical (unpaired) electrons. The molecule has 0 saturated carbocycles. The van der Waals surface area contributed by atoms with E-state index in [1.807, 2.05) is 20.1 Å². The van der Waals surface area contributed by atoms with Crippen molar-refractivity contribution in [3.05, 3.63) is 11.5 Å². The van der Waals surface area contributed by atoms with Crippen LogP contribution < -0.4 is 0 Å². The summed E-state index contributed by atoms with van der Waals surface area (Å²) in [4.78, 5) is 8.50. The van der Waals surface area contributed by atoms with Gasteiger partial charge in [0.2, 0.25) is 15.9 Å². The first-order valence-corrected chi connectivity index (χ1v) is 7.38. The molecule has 19 heavy (non-hydrogen) atoms. The van der Waals surface area contributed by atoms with Crippen molar-refractivity contribution in [2.45, 2.75) is 19.0 Å². The predicted molar refractivity (Wildman–Crippen MR) is 72.7 cm³/mol. The first-order chi connectivity index (χ1) is 9.17. The highest BCUT2D eigenvalue weighted by Gasteiger charge is 2.12. The van der Waals surface area contributed by atoms with Crippen LogP contribution in [0.2, 0.25) is 0 Å². The van der Waals surface area contributed by atoms with Crippen molar-refractivity contribution in [2.24, 2.45) is 10.2 Å². The summed E-state index contributed by atoms with van der Waals surface area (Å²) in [7, 11) is 0. The van der Waals surface area contributed by atoms with E-state index in [2.05, 4.69) is 34.8 Å². The third-order valence-corrected chi connectivity index (χ3v) is 3.63. The molecule has 8 nitrogen and oxygen atoms in total. The number of fused-ring (bicyclic) bond motifs is 1. The number of nitrogens with zero attached hydrogens (tertiary/aromatic N) is 7. The van der Waals surface area contributed by atoms with E-state index >= 15 is 0 Å². The summed E-state index contributed by atoms with van der Waals surface area (Å²) < 4.78 is 5.71.